The highest BCUT2D eigenvalue weighted by Crippen LogP contribution is 2.27. The van der Waals surface area contributed by atoms with Crippen LogP contribution in [0, 0.1) is 0 Å². The fraction of sp³-hybridized carbons (Fsp3) is 0.167. The van der Waals surface area contributed by atoms with Gasteiger partial charge in [0.2, 0.25) is 0 Å². The number of imide groups is 1. The molecule has 0 aliphatic carbocycles. The van der Waals surface area contributed by atoms with Gasteiger partial charge < -0.3 is 9.57 Å². The Balaban J connectivity index is 1.48. The number of hydrogen-bond acceptors (Lipinski definition) is 5. The Bertz CT molecular complexity index is 849. The number of halogens is 2. The van der Waals surface area contributed by atoms with Gasteiger partial charge in [-0.3, -0.25) is 9.59 Å². The number of rotatable bonds is 6. The number of benzene rings is 2. The fourth-order valence-electron chi connectivity index (χ4n) is 2.39. The highest BCUT2D eigenvalue weighted by atomic mass is 35.5. The molecule has 3 rings (SSSR count). The molecule has 1 aliphatic heterocycles. The van der Waals surface area contributed by atoms with Crippen molar-refractivity contribution >= 4 is 41.0 Å². The zero-order valence-electron chi connectivity index (χ0n) is 13.4. The van der Waals surface area contributed by atoms with E-state index in [4.69, 9.17) is 32.8 Å². The van der Waals surface area contributed by atoms with E-state index in [1.807, 2.05) is 0 Å². The molecule has 0 fully saturated rings. The average molecular weight is 394 g/mol. The van der Waals surface area contributed by atoms with Gasteiger partial charge in [0.15, 0.2) is 0 Å². The van der Waals surface area contributed by atoms with Crippen LogP contribution in [0.1, 0.15) is 33.6 Å². The summed E-state index contributed by atoms with van der Waals surface area (Å²) in [7, 11) is 0. The third-order valence-electron chi connectivity index (χ3n) is 3.63. The van der Waals surface area contributed by atoms with Gasteiger partial charge in [-0.25, -0.2) is 4.79 Å². The molecule has 0 atom stereocenters. The van der Waals surface area contributed by atoms with E-state index in [0.29, 0.717) is 27.3 Å². The molecule has 6 nitrogen and oxygen atoms in total. The number of carbonyl (C=O) groups excluding carboxylic acids is 3. The quantitative estimate of drug-likeness (QED) is 0.549. The minimum absolute atomic E-state index is 0.0292. The van der Waals surface area contributed by atoms with E-state index < -0.39 is 17.8 Å². The maximum Gasteiger partial charge on any atom is 0.333 e. The van der Waals surface area contributed by atoms with Crippen molar-refractivity contribution in [2.75, 3.05) is 6.61 Å². The van der Waals surface area contributed by atoms with E-state index in [9.17, 15) is 14.4 Å². The van der Waals surface area contributed by atoms with Crippen LogP contribution < -0.4 is 4.74 Å². The average Bonchev–Trinajstić information content (AvgIpc) is 2.85. The molecule has 1 aliphatic rings. The first-order valence-electron chi connectivity index (χ1n) is 7.74. The number of fused-ring (bicyclic) bond motifs is 1. The van der Waals surface area contributed by atoms with Gasteiger partial charge >= 0.3 is 5.97 Å². The molecular formula is C18H13Cl2NO5. The lowest BCUT2D eigenvalue weighted by atomic mass is 10.1. The van der Waals surface area contributed by atoms with E-state index in [1.165, 1.54) is 12.1 Å². The van der Waals surface area contributed by atoms with Gasteiger partial charge in [-0.2, -0.15) is 0 Å². The van der Waals surface area contributed by atoms with Gasteiger partial charge in [-0.1, -0.05) is 40.4 Å². The lowest BCUT2D eigenvalue weighted by Crippen LogP contribution is -2.32. The molecule has 26 heavy (non-hydrogen) atoms. The van der Waals surface area contributed by atoms with Crippen molar-refractivity contribution in [2.45, 2.75) is 12.8 Å². The first-order valence-corrected chi connectivity index (χ1v) is 8.49. The second-order valence-electron chi connectivity index (χ2n) is 5.44. The molecule has 2 aromatic rings. The number of hydrogen-bond donors (Lipinski definition) is 0. The molecule has 134 valence electrons. The molecule has 2 aromatic carbocycles. The zero-order chi connectivity index (χ0) is 18.7. The van der Waals surface area contributed by atoms with Crippen LogP contribution in [0.5, 0.6) is 5.75 Å². The SMILES string of the molecule is O=C(CCCOc1ccc(Cl)cc1Cl)ON1C(=O)c2ccccc2C1=O. The van der Waals surface area contributed by atoms with Gasteiger partial charge in [-0.15, -0.1) is 0 Å². The van der Waals surface area contributed by atoms with E-state index in [0.717, 1.165) is 0 Å². The highest BCUT2D eigenvalue weighted by molar-refractivity contribution is 6.35. The Hall–Kier alpha value is -2.57. The second-order valence-corrected chi connectivity index (χ2v) is 6.28. The number of hydroxylamine groups is 2. The summed E-state index contributed by atoms with van der Waals surface area (Å²) in [6, 6.07) is 11.1. The summed E-state index contributed by atoms with van der Waals surface area (Å²) < 4.78 is 5.46. The van der Waals surface area contributed by atoms with Crippen molar-refractivity contribution in [1.29, 1.82) is 0 Å². The molecule has 1 heterocycles. The fourth-order valence-corrected chi connectivity index (χ4v) is 2.85. The molecule has 0 spiro atoms. The second kappa shape index (κ2) is 7.76. The molecule has 0 N–H and O–H groups in total. The standard InChI is InChI=1S/C18H13Cl2NO5/c19-11-7-8-15(14(20)10-11)25-9-3-6-16(22)26-21-17(23)12-4-1-2-5-13(12)18(21)24/h1-2,4-5,7-8,10H,3,6,9H2. The lowest BCUT2D eigenvalue weighted by molar-refractivity contribution is -0.168. The van der Waals surface area contributed by atoms with Crippen LogP contribution >= 0.6 is 23.2 Å². The lowest BCUT2D eigenvalue weighted by Gasteiger charge is -2.13. The Morgan fingerprint density at radius 3 is 2.27 bits per heavy atom. The minimum atomic E-state index is -0.703. The molecule has 0 saturated heterocycles. The number of ether oxygens (including phenoxy) is 1. The molecule has 0 aromatic heterocycles. The van der Waals surface area contributed by atoms with Crippen LogP contribution in [0.4, 0.5) is 0 Å². The number of carbonyl (C=O) groups is 3. The normalized spacial score (nSPS) is 12.9. The summed E-state index contributed by atoms with van der Waals surface area (Å²) in [5.41, 5.74) is 0.428. The molecule has 8 heteroatoms. The Labute approximate surface area is 159 Å². The first kappa shape index (κ1) is 18.2. The van der Waals surface area contributed by atoms with E-state index in [1.54, 1.807) is 30.3 Å². The van der Waals surface area contributed by atoms with Crippen LogP contribution in [-0.2, 0) is 9.63 Å². The summed E-state index contributed by atoms with van der Waals surface area (Å²) in [5.74, 6) is -1.55. The van der Waals surface area contributed by atoms with Crippen LogP contribution in [0.3, 0.4) is 0 Å². The van der Waals surface area contributed by atoms with Crippen LogP contribution in [-0.4, -0.2) is 29.5 Å². The predicted molar refractivity (Wildman–Crippen MR) is 94.2 cm³/mol. The Morgan fingerprint density at radius 1 is 1.00 bits per heavy atom. The first-order chi connectivity index (χ1) is 12.5. The summed E-state index contributed by atoms with van der Waals surface area (Å²) in [5, 5.41) is 1.35. The third-order valence-corrected chi connectivity index (χ3v) is 4.16. The molecule has 2 amide bonds. The molecule has 0 radical (unpaired) electrons. The van der Waals surface area contributed by atoms with Crippen molar-refractivity contribution in [1.82, 2.24) is 5.06 Å². The third kappa shape index (κ3) is 3.81. The van der Waals surface area contributed by atoms with Crippen molar-refractivity contribution in [3.8, 4) is 5.75 Å². The Kier molecular flexibility index (Phi) is 5.44. The summed E-state index contributed by atoms with van der Waals surface area (Å²) in [6.45, 7) is 0.207. The largest absolute Gasteiger partial charge is 0.492 e. The molecule has 0 saturated carbocycles. The van der Waals surface area contributed by atoms with E-state index in [-0.39, 0.29) is 24.2 Å². The smallest absolute Gasteiger partial charge is 0.333 e. The molecular weight excluding hydrogens is 381 g/mol. The van der Waals surface area contributed by atoms with Crippen molar-refractivity contribution in [3.05, 3.63) is 63.6 Å². The molecule has 0 bridgehead atoms. The van der Waals surface area contributed by atoms with E-state index >= 15 is 0 Å². The van der Waals surface area contributed by atoms with Crippen LogP contribution in [0.2, 0.25) is 10.0 Å². The monoisotopic (exact) mass is 393 g/mol. The van der Waals surface area contributed by atoms with Gasteiger partial charge in [0, 0.05) is 5.02 Å². The molecule has 0 unspecified atom stereocenters. The zero-order valence-corrected chi connectivity index (χ0v) is 14.9. The number of amides is 2. The van der Waals surface area contributed by atoms with Gasteiger partial charge in [-0.05, 0) is 36.8 Å². The topological polar surface area (TPSA) is 72.9 Å². The van der Waals surface area contributed by atoms with Crippen molar-refractivity contribution < 1.29 is 24.0 Å². The van der Waals surface area contributed by atoms with Gasteiger partial charge in [0.05, 0.1) is 29.2 Å². The van der Waals surface area contributed by atoms with Gasteiger partial charge in [0.25, 0.3) is 11.8 Å². The van der Waals surface area contributed by atoms with Crippen molar-refractivity contribution in [3.63, 3.8) is 0 Å². The van der Waals surface area contributed by atoms with Crippen LogP contribution in [0.15, 0.2) is 42.5 Å². The highest BCUT2D eigenvalue weighted by Gasteiger charge is 2.38. The summed E-state index contributed by atoms with van der Waals surface area (Å²) >= 11 is 11.8. The predicted octanol–water partition coefficient (Wildman–Crippen LogP) is 3.91. The Morgan fingerprint density at radius 2 is 1.65 bits per heavy atom. The number of nitrogens with zero attached hydrogens (tertiary/aromatic N) is 1. The minimum Gasteiger partial charge on any atom is -0.492 e. The van der Waals surface area contributed by atoms with Crippen molar-refractivity contribution in [2.24, 2.45) is 0 Å². The maximum absolute atomic E-state index is 12.1. The maximum atomic E-state index is 12.1. The van der Waals surface area contributed by atoms with E-state index in [2.05, 4.69) is 0 Å². The van der Waals surface area contributed by atoms with Gasteiger partial charge in [0.1, 0.15) is 5.75 Å². The summed E-state index contributed by atoms with van der Waals surface area (Å²) in [6.07, 6.45) is 0.291. The van der Waals surface area contributed by atoms with Crippen LogP contribution in [0.25, 0.3) is 0 Å². The summed E-state index contributed by atoms with van der Waals surface area (Å²) in [4.78, 5) is 41.0.